The summed E-state index contributed by atoms with van der Waals surface area (Å²) in [7, 11) is 1.54. The predicted molar refractivity (Wildman–Crippen MR) is 128 cm³/mol. The van der Waals surface area contributed by atoms with E-state index in [1.54, 1.807) is 49.4 Å². The molecular weight excluding hydrogens is 451 g/mol. The number of fused-ring (bicyclic) bond motifs is 1. The molecule has 2 aromatic carbocycles. The van der Waals surface area contributed by atoms with Crippen molar-refractivity contribution >= 4 is 23.3 Å². The number of pyridine rings is 1. The van der Waals surface area contributed by atoms with Gasteiger partial charge in [0.1, 0.15) is 40.2 Å². The lowest BCUT2D eigenvalue weighted by Crippen LogP contribution is -2.20. The maximum Gasteiger partial charge on any atom is 0.269 e. The lowest BCUT2D eigenvalue weighted by molar-refractivity contribution is -0.112. The fourth-order valence-electron chi connectivity index (χ4n) is 3.27. The SMILES string of the molecule is COc1ccc(Oc2nc3c(C)cccn3c(=O)c2/C=C(/C#N)C(=O)Nc2ccc(F)cc2)cc1. The fourth-order valence-corrected chi connectivity index (χ4v) is 3.27. The number of aromatic nitrogens is 2. The van der Waals surface area contributed by atoms with Crippen molar-refractivity contribution in [2.45, 2.75) is 6.92 Å². The van der Waals surface area contributed by atoms with Gasteiger partial charge in [-0.25, -0.2) is 4.39 Å². The molecule has 0 aliphatic rings. The first-order chi connectivity index (χ1) is 16.9. The van der Waals surface area contributed by atoms with Gasteiger partial charge in [0.25, 0.3) is 11.5 Å². The summed E-state index contributed by atoms with van der Waals surface area (Å²) >= 11 is 0. The zero-order valence-corrected chi connectivity index (χ0v) is 18.8. The van der Waals surface area contributed by atoms with Gasteiger partial charge in [-0.05, 0) is 73.2 Å². The number of nitrogens with zero attached hydrogens (tertiary/aromatic N) is 3. The second-order valence-electron chi connectivity index (χ2n) is 7.43. The standard InChI is InChI=1S/C26H19FN4O4/c1-16-4-3-13-31-23(16)30-25(35-21-11-9-20(34-2)10-12-21)22(26(31)33)14-17(15-28)24(32)29-19-7-5-18(27)6-8-19/h3-14H,1-2H3,(H,29,32)/b17-14-. The summed E-state index contributed by atoms with van der Waals surface area (Å²) in [5.41, 5.74) is 0.414. The van der Waals surface area contributed by atoms with Gasteiger partial charge in [-0.1, -0.05) is 6.07 Å². The average Bonchev–Trinajstić information content (AvgIpc) is 2.86. The molecule has 1 N–H and O–H groups in total. The lowest BCUT2D eigenvalue weighted by atomic mass is 10.1. The van der Waals surface area contributed by atoms with Gasteiger partial charge in [0.2, 0.25) is 5.88 Å². The summed E-state index contributed by atoms with van der Waals surface area (Å²) in [6.07, 6.45) is 2.67. The van der Waals surface area contributed by atoms with Crippen LogP contribution in [-0.4, -0.2) is 22.4 Å². The molecule has 0 bridgehead atoms. The minimum Gasteiger partial charge on any atom is -0.497 e. The molecule has 0 saturated carbocycles. The molecule has 0 spiro atoms. The van der Waals surface area contributed by atoms with Crippen molar-refractivity contribution in [1.29, 1.82) is 5.26 Å². The monoisotopic (exact) mass is 470 g/mol. The summed E-state index contributed by atoms with van der Waals surface area (Å²) in [6, 6.07) is 17.0. The van der Waals surface area contributed by atoms with E-state index in [1.165, 1.54) is 42.0 Å². The van der Waals surface area contributed by atoms with E-state index in [2.05, 4.69) is 10.3 Å². The van der Waals surface area contributed by atoms with Gasteiger partial charge in [0, 0.05) is 11.9 Å². The Morgan fingerprint density at radius 2 is 1.80 bits per heavy atom. The number of carbonyl (C=O) groups excluding carboxylic acids is 1. The largest absolute Gasteiger partial charge is 0.497 e. The minimum atomic E-state index is -0.775. The van der Waals surface area contributed by atoms with Crippen molar-refractivity contribution < 1.29 is 18.7 Å². The van der Waals surface area contributed by atoms with Gasteiger partial charge in [-0.3, -0.25) is 14.0 Å². The van der Waals surface area contributed by atoms with Crippen LogP contribution in [0.4, 0.5) is 10.1 Å². The maximum absolute atomic E-state index is 13.4. The van der Waals surface area contributed by atoms with Gasteiger partial charge >= 0.3 is 0 Å². The van der Waals surface area contributed by atoms with Gasteiger partial charge in [0.15, 0.2) is 0 Å². The molecule has 0 aliphatic heterocycles. The second-order valence-corrected chi connectivity index (χ2v) is 7.43. The highest BCUT2D eigenvalue weighted by molar-refractivity contribution is 6.09. The van der Waals surface area contributed by atoms with Crippen LogP contribution in [0.25, 0.3) is 11.7 Å². The number of nitriles is 1. The highest BCUT2D eigenvalue weighted by Crippen LogP contribution is 2.26. The Balaban J connectivity index is 1.80. The van der Waals surface area contributed by atoms with Crippen molar-refractivity contribution in [2.75, 3.05) is 12.4 Å². The first-order valence-corrected chi connectivity index (χ1v) is 10.4. The van der Waals surface area contributed by atoms with E-state index in [9.17, 15) is 19.2 Å². The lowest BCUT2D eigenvalue weighted by Gasteiger charge is -2.12. The normalized spacial score (nSPS) is 11.1. The zero-order chi connectivity index (χ0) is 24.9. The quantitative estimate of drug-likeness (QED) is 0.329. The molecule has 0 saturated heterocycles. The van der Waals surface area contributed by atoms with Crippen LogP contribution in [0.2, 0.25) is 0 Å². The van der Waals surface area contributed by atoms with E-state index in [0.29, 0.717) is 17.1 Å². The highest BCUT2D eigenvalue weighted by atomic mass is 19.1. The molecule has 9 heteroatoms. The third-order valence-electron chi connectivity index (χ3n) is 5.08. The Morgan fingerprint density at radius 3 is 2.46 bits per heavy atom. The average molecular weight is 470 g/mol. The number of carbonyl (C=O) groups is 1. The number of rotatable bonds is 6. The summed E-state index contributed by atoms with van der Waals surface area (Å²) in [6.45, 7) is 1.80. The molecule has 174 valence electrons. The Labute approximate surface area is 199 Å². The number of ether oxygens (including phenoxy) is 2. The molecule has 1 amide bonds. The zero-order valence-electron chi connectivity index (χ0n) is 18.8. The number of halogens is 1. The van der Waals surface area contributed by atoms with Crippen LogP contribution in [0, 0.1) is 24.1 Å². The van der Waals surface area contributed by atoms with Crippen LogP contribution < -0.4 is 20.3 Å². The van der Waals surface area contributed by atoms with E-state index >= 15 is 0 Å². The molecule has 4 rings (SSSR count). The van der Waals surface area contributed by atoms with Crippen molar-refractivity contribution in [3.8, 4) is 23.4 Å². The summed E-state index contributed by atoms with van der Waals surface area (Å²) < 4.78 is 25.5. The summed E-state index contributed by atoms with van der Waals surface area (Å²) in [4.78, 5) is 30.6. The molecule has 2 heterocycles. The number of anilines is 1. The number of hydrogen-bond donors (Lipinski definition) is 1. The predicted octanol–water partition coefficient (Wildman–Crippen LogP) is 4.49. The minimum absolute atomic E-state index is 0.0724. The number of aryl methyl sites for hydroxylation is 1. The Bertz CT molecular complexity index is 1540. The Hall–Kier alpha value is -4.97. The number of methoxy groups -OCH3 is 1. The van der Waals surface area contributed by atoms with Gasteiger partial charge in [-0.2, -0.15) is 10.2 Å². The maximum atomic E-state index is 13.4. The van der Waals surface area contributed by atoms with Crippen LogP contribution in [0.15, 0.2) is 77.2 Å². The van der Waals surface area contributed by atoms with Crippen LogP contribution >= 0.6 is 0 Å². The molecule has 0 fully saturated rings. The molecule has 0 aliphatic carbocycles. The van der Waals surface area contributed by atoms with E-state index in [-0.39, 0.29) is 22.7 Å². The molecule has 8 nitrogen and oxygen atoms in total. The Kier molecular flexibility index (Phi) is 6.55. The van der Waals surface area contributed by atoms with Gasteiger partial charge in [-0.15, -0.1) is 0 Å². The number of nitrogens with one attached hydrogen (secondary N) is 1. The van der Waals surface area contributed by atoms with Crippen LogP contribution in [0.1, 0.15) is 11.1 Å². The molecule has 35 heavy (non-hydrogen) atoms. The third kappa shape index (κ3) is 5.02. The highest BCUT2D eigenvalue weighted by Gasteiger charge is 2.18. The third-order valence-corrected chi connectivity index (χ3v) is 5.08. The first-order valence-electron chi connectivity index (χ1n) is 10.4. The molecule has 0 radical (unpaired) electrons. The topological polar surface area (TPSA) is 106 Å². The van der Waals surface area contributed by atoms with Crippen LogP contribution in [0.5, 0.6) is 17.4 Å². The number of amides is 1. The van der Waals surface area contributed by atoms with E-state index in [0.717, 1.165) is 11.6 Å². The van der Waals surface area contributed by atoms with Gasteiger partial charge < -0.3 is 14.8 Å². The van der Waals surface area contributed by atoms with Crippen molar-refractivity contribution in [3.63, 3.8) is 0 Å². The molecule has 4 aromatic rings. The molecule has 0 atom stereocenters. The molecule has 2 aromatic heterocycles. The van der Waals surface area contributed by atoms with Crippen LogP contribution in [0.3, 0.4) is 0 Å². The van der Waals surface area contributed by atoms with Crippen LogP contribution in [-0.2, 0) is 4.79 Å². The van der Waals surface area contributed by atoms with E-state index in [4.69, 9.17) is 9.47 Å². The smallest absolute Gasteiger partial charge is 0.269 e. The van der Waals surface area contributed by atoms with Crippen molar-refractivity contribution in [3.05, 3.63) is 99.7 Å². The summed E-state index contributed by atoms with van der Waals surface area (Å²) in [5.74, 6) is -0.325. The van der Waals surface area contributed by atoms with E-state index < -0.39 is 17.3 Å². The molecular formula is C26H19FN4O4. The fraction of sp³-hybridized carbons (Fsp3) is 0.0769. The first kappa shape index (κ1) is 23.2. The molecule has 0 unspecified atom stereocenters. The Morgan fingerprint density at radius 1 is 1.11 bits per heavy atom. The van der Waals surface area contributed by atoms with Gasteiger partial charge in [0.05, 0.1) is 7.11 Å². The van der Waals surface area contributed by atoms with E-state index in [1.807, 2.05) is 0 Å². The number of benzene rings is 2. The van der Waals surface area contributed by atoms with Crippen molar-refractivity contribution in [1.82, 2.24) is 9.38 Å². The summed E-state index contributed by atoms with van der Waals surface area (Å²) in [5, 5.41) is 12.2. The number of hydrogen-bond acceptors (Lipinski definition) is 6. The second kappa shape index (κ2) is 9.89. The van der Waals surface area contributed by atoms with Crippen molar-refractivity contribution in [2.24, 2.45) is 0 Å².